The molecule has 0 amide bonds. The summed E-state index contributed by atoms with van der Waals surface area (Å²) in [7, 11) is 4.17. The van der Waals surface area contributed by atoms with Crippen molar-refractivity contribution < 1.29 is 0 Å². The predicted molar refractivity (Wildman–Crippen MR) is 95.5 cm³/mol. The van der Waals surface area contributed by atoms with Crippen molar-refractivity contribution in [3.8, 4) is 0 Å². The van der Waals surface area contributed by atoms with Crippen LogP contribution in [0.3, 0.4) is 0 Å². The standard InChI is InChI=1S/C16H22N4.ClH/c1-19(15-7-3-13(17)4-8-15)11-12-20(2)16-9-5-14(18)6-10-16;/h3-10H,11-12,17-18H2,1-2H3;1H. The summed E-state index contributed by atoms with van der Waals surface area (Å²) in [5.41, 5.74) is 15.3. The average Bonchev–Trinajstić information content (AvgIpc) is 2.46. The maximum absolute atomic E-state index is 5.70. The molecule has 0 radical (unpaired) electrons. The minimum absolute atomic E-state index is 0. The van der Waals surface area contributed by atoms with Crippen molar-refractivity contribution in [2.45, 2.75) is 0 Å². The molecule has 114 valence electrons. The molecule has 4 N–H and O–H groups in total. The molecule has 5 heteroatoms. The summed E-state index contributed by atoms with van der Waals surface area (Å²) in [6, 6.07) is 15.9. The van der Waals surface area contributed by atoms with Crippen LogP contribution in [0.5, 0.6) is 0 Å². The third-order valence-corrected chi connectivity index (χ3v) is 3.44. The average molecular weight is 307 g/mol. The number of halogens is 1. The van der Waals surface area contributed by atoms with Gasteiger partial charge in [0.25, 0.3) is 0 Å². The molecule has 0 aliphatic heterocycles. The molecule has 0 fully saturated rings. The first-order valence-electron chi connectivity index (χ1n) is 6.69. The third-order valence-electron chi connectivity index (χ3n) is 3.44. The molecule has 0 aromatic heterocycles. The Balaban J connectivity index is 0.00000220. The van der Waals surface area contributed by atoms with E-state index in [1.165, 1.54) is 11.4 Å². The molecule has 0 saturated heterocycles. The number of nitrogens with zero attached hydrogens (tertiary/aromatic N) is 2. The van der Waals surface area contributed by atoms with E-state index in [0.717, 1.165) is 24.5 Å². The van der Waals surface area contributed by atoms with Gasteiger partial charge in [-0.05, 0) is 48.5 Å². The maximum atomic E-state index is 5.70. The highest BCUT2D eigenvalue weighted by Crippen LogP contribution is 2.17. The van der Waals surface area contributed by atoms with E-state index in [0.29, 0.717) is 0 Å². The maximum Gasteiger partial charge on any atom is 0.0365 e. The van der Waals surface area contributed by atoms with Crippen LogP contribution < -0.4 is 21.3 Å². The lowest BCUT2D eigenvalue weighted by Crippen LogP contribution is -2.30. The number of nitrogens with two attached hydrogens (primary N) is 2. The Morgan fingerprint density at radius 3 is 1.24 bits per heavy atom. The highest BCUT2D eigenvalue weighted by Gasteiger charge is 2.04. The molecule has 0 saturated carbocycles. The van der Waals surface area contributed by atoms with Crippen LogP contribution >= 0.6 is 12.4 Å². The second-order valence-electron chi connectivity index (χ2n) is 5.03. The minimum atomic E-state index is 0. The number of hydrogen-bond acceptors (Lipinski definition) is 4. The summed E-state index contributed by atoms with van der Waals surface area (Å²) in [4.78, 5) is 4.43. The van der Waals surface area contributed by atoms with Gasteiger partial charge in [-0.3, -0.25) is 0 Å². The minimum Gasteiger partial charge on any atom is -0.399 e. The highest BCUT2D eigenvalue weighted by atomic mass is 35.5. The lowest BCUT2D eigenvalue weighted by atomic mass is 10.2. The molecule has 2 aromatic rings. The normalized spacial score (nSPS) is 9.81. The van der Waals surface area contributed by atoms with E-state index >= 15 is 0 Å². The fourth-order valence-corrected chi connectivity index (χ4v) is 2.02. The number of rotatable bonds is 5. The Labute approximate surface area is 132 Å². The monoisotopic (exact) mass is 306 g/mol. The first-order chi connectivity index (χ1) is 9.56. The smallest absolute Gasteiger partial charge is 0.0365 e. The molecule has 0 spiro atoms. The summed E-state index contributed by atoms with van der Waals surface area (Å²) in [6.07, 6.45) is 0. The Kier molecular flexibility index (Phi) is 6.18. The van der Waals surface area contributed by atoms with E-state index in [2.05, 4.69) is 23.9 Å². The first kappa shape index (κ1) is 17.0. The van der Waals surface area contributed by atoms with E-state index in [-0.39, 0.29) is 12.4 Å². The van der Waals surface area contributed by atoms with Gasteiger partial charge in [0, 0.05) is 49.9 Å². The van der Waals surface area contributed by atoms with Crippen molar-refractivity contribution in [1.82, 2.24) is 0 Å². The summed E-state index contributed by atoms with van der Waals surface area (Å²) in [6.45, 7) is 1.87. The molecule has 0 bridgehead atoms. The zero-order valence-electron chi connectivity index (χ0n) is 12.5. The first-order valence-corrected chi connectivity index (χ1v) is 6.69. The van der Waals surface area contributed by atoms with Crippen LogP contribution in [-0.2, 0) is 0 Å². The molecule has 0 unspecified atom stereocenters. The van der Waals surface area contributed by atoms with Gasteiger partial charge in [0.05, 0.1) is 0 Å². The molecular formula is C16H23ClN4. The molecule has 0 heterocycles. The van der Waals surface area contributed by atoms with Gasteiger partial charge >= 0.3 is 0 Å². The molecule has 0 atom stereocenters. The molecule has 4 nitrogen and oxygen atoms in total. The van der Waals surface area contributed by atoms with E-state index in [9.17, 15) is 0 Å². The van der Waals surface area contributed by atoms with Gasteiger partial charge in [-0.15, -0.1) is 12.4 Å². The van der Waals surface area contributed by atoms with Crippen molar-refractivity contribution in [1.29, 1.82) is 0 Å². The Bertz CT molecular complexity index is 488. The fraction of sp³-hybridized carbons (Fsp3) is 0.250. The second-order valence-corrected chi connectivity index (χ2v) is 5.03. The highest BCUT2D eigenvalue weighted by molar-refractivity contribution is 5.85. The number of nitrogen functional groups attached to an aromatic ring is 2. The number of hydrogen-bond donors (Lipinski definition) is 2. The lowest BCUT2D eigenvalue weighted by Gasteiger charge is -2.25. The lowest BCUT2D eigenvalue weighted by molar-refractivity contribution is 0.833. The zero-order chi connectivity index (χ0) is 14.5. The van der Waals surface area contributed by atoms with Crippen molar-refractivity contribution in [3.63, 3.8) is 0 Å². The van der Waals surface area contributed by atoms with E-state index < -0.39 is 0 Å². The van der Waals surface area contributed by atoms with Crippen molar-refractivity contribution in [3.05, 3.63) is 48.5 Å². The third kappa shape index (κ3) is 4.76. The van der Waals surface area contributed by atoms with E-state index in [1.807, 2.05) is 48.5 Å². The van der Waals surface area contributed by atoms with Crippen LogP contribution in [0.1, 0.15) is 0 Å². The SMILES string of the molecule is CN(CCN(C)c1ccc(N)cc1)c1ccc(N)cc1.Cl. The van der Waals surface area contributed by atoms with E-state index in [4.69, 9.17) is 11.5 Å². The van der Waals surface area contributed by atoms with Crippen molar-refractivity contribution in [2.75, 3.05) is 48.5 Å². The van der Waals surface area contributed by atoms with Crippen LogP contribution in [0, 0.1) is 0 Å². The Hall–Kier alpha value is -2.07. The van der Waals surface area contributed by atoms with Gasteiger partial charge in [0.2, 0.25) is 0 Å². The topological polar surface area (TPSA) is 58.5 Å². The van der Waals surface area contributed by atoms with Gasteiger partial charge in [-0.25, -0.2) is 0 Å². The summed E-state index contributed by atoms with van der Waals surface area (Å²) in [5, 5.41) is 0. The van der Waals surface area contributed by atoms with Gasteiger partial charge in [0.15, 0.2) is 0 Å². The van der Waals surface area contributed by atoms with Crippen LogP contribution in [0.2, 0.25) is 0 Å². The van der Waals surface area contributed by atoms with Crippen LogP contribution in [0.4, 0.5) is 22.7 Å². The fourth-order valence-electron chi connectivity index (χ4n) is 2.02. The van der Waals surface area contributed by atoms with Crippen molar-refractivity contribution in [2.24, 2.45) is 0 Å². The summed E-state index contributed by atoms with van der Waals surface area (Å²) < 4.78 is 0. The molecule has 2 rings (SSSR count). The number of anilines is 4. The molecule has 21 heavy (non-hydrogen) atoms. The summed E-state index contributed by atoms with van der Waals surface area (Å²) >= 11 is 0. The van der Waals surface area contributed by atoms with Gasteiger partial charge < -0.3 is 21.3 Å². The largest absolute Gasteiger partial charge is 0.399 e. The number of benzene rings is 2. The Morgan fingerprint density at radius 1 is 0.667 bits per heavy atom. The van der Waals surface area contributed by atoms with Crippen molar-refractivity contribution >= 4 is 35.2 Å². The zero-order valence-corrected chi connectivity index (χ0v) is 13.3. The summed E-state index contributed by atoms with van der Waals surface area (Å²) in [5.74, 6) is 0. The van der Waals surface area contributed by atoms with E-state index in [1.54, 1.807) is 0 Å². The quantitative estimate of drug-likeness (QED) is 0.834. The predicted octanol–water partition coefficient (Wildman–Crippen LogP) is 2.85. The van der Waals surface area contributed by atoms with Crippen LogP contribution in [0.15, 0.2) is 48.5 Å². The van der Waals surface area contributed by atoms with Gasteiger partial charge in [-0.1, -0.05) is 0 Å². The number of likely N-dealkylation sites (N-methyl/N-ethyl adjacent to an activating group) is 2. The van der Waals surface area contributed by atoms with Crippen LogP contribution in [0.25, 0.3) is 0 Å². The molecule has 2 aromatic carbocycles. The Morgan fingerprint density at radius 2 is 0.952 bits per heavy atom. The molecule has 0 aliphatic rings. The molecule has 0 aliphatic carbocycles. The van der Waals surface area contributed by atoms with Crippen LogP contribution in [-0.4, -0.2) is 27.2 Å². The molecular weight excluding hydrogens is 284 g/mol. The van der Waals surface area contributed by atoms with Gasteiger partial charge in [-0.2, -0.15) is 0 Å². The van der Waals surface area contributed by atoms with Gasteiger partial charge in [0.1, 0.15) is 0 Å². The second kappa shape index (κ2) is 7.64.